The van der Waals surface area contributed by atoms with Crippen molar-refractivity contribution in [1.29, 1.82) is 5.26 Å². The molecule has 0 atom stereocenters. The average molecular weight is 276 g/mol. The number of nitrogens with zero attached hydrogens (tertiary/aromatic N) is 4. The van der Waals surface area contributed by atoms with Crippen LogP contribution >= 0.6 is 11.8 Å². The fourth-order valence-corrected chi connectivity index (χ4v) is 1.78. The number of carbonyl (C=O) groups is 1. The standard InChI is InChI=1S/C11H8N4O3S/c1-2-17-10(16)9-14-15-11(18-9)19-8-4-3-7(5-12)13-6-8/h3-4,6H,2H2,1H3. The zero-order valence-electron chi connectivity index (χ0n) is 9.86. The molecule has 2 rings (SSSR count). The molecule has 0 aliphatic rings. The second kappa shape index (κ2) is 5.97. The molecule has 2 aromatic rings. The second-order valence-electron chi connectivity index (χ2n) is 3.19. The van der Waals surface area contributed by atoms with Crippen LogP contribution in [0.5, 0.6) is 0 Å². The first-order valence-corrected chi connectivity index (χ1v) is 6.09. The molecule has 19 heavy (non-hydrogen) atoms. The molecule has 96 valence electrons. The Bertz CT molecular complexity index is 618. The Balaban J connectivity index is 2.07. The molecule has 0 radical (unpaired) electrons. The maximum absolute atomic E-state index is 11.3. The quantitative estimate of drug-likeness (QED) is 0.777. The first-order chi connectivity index (χ1) is 9.22. The molecule has 0 aliphatic carbocycles. The highest BCUT2D eigenvalue weighted by Crippen LogP contribution is 2.25. The predicted octanol–water partition coefficient (Wildman–Crippen LogP) is 1.66. The third kappa shape index (κ3) is 3.29. The number of aromatic nitrogens is 3. The number of hydrogen-bond donors (Lipinski definition) is 0. The highest BCUT2D eigenvalue weighted by Gasteiger charge is 2.16. The summed E-state index contributed by atoms with van der Waals surface area (Å²) in [5.41, 5.74) is 0.321. The van der Waals surface area contributed by atoms with Gasteiger partial charge in [-0.2, -0.15) is 5.26 Å². The van der Waals surface area contributed by atoms with Crippen molar-refractivity contribution in [3.05, 3.63) is 29.9 Å². The molecule has 0 aromatic carbocycles. The van der Waals surface area contributed by atoms with Crippen molar-refractivity contribution in [3.8, 4) is 6.07 Å². The molecule has 0 saturated carbocycles. The Morgan fingerprint density at radius 3 is 3.00 bits per heavy atom. The summed E-state index contributed by atoms with van der Waals surface area (Å²) in [4.78, 5) is 15.9. The van der Waals surface area contributed by atoms with Crippen LogP contribution in [0, 0.1) is 11.3 Å². The van der Waals surface area contributed by atoms with E-state index in [1.807, 2.05) is 6.07 Å². The molecule has 2 heterocycles. The largest absolute Gasteiger partial charge is 0.459 e. The SMILES string of the molecule is CCOC(=O)c1nnc(Sc2ccc(C#N)nc2)o1. The van der Waals surface area contributed by atoms with Crippen LogP contribution in [0.2, 0.25) is 0 Å². The van der Waals surface area contributed by atoms with Crippen molar-refractivity contribution in [3.63, 3.8) is 0 Å². The van der Waals surface area contributed by atoms with E-state index in [1.54, 1.807) is 19.1 Å². The Morgan fingerprint density at radius 1 is 1.53 bits per heavy atom. The Hall–Kier alpha value is -2.40. The molecular formula is C11H8N4O3S. The molecule has 0 saturated heterocycles. The molecule has 8 heteroatoms. The summed E-state index contributed by atoms with van der Waals surface area (Å²) in [6.07, 6.45) is 1.51. The molecule has 0 bridgehead atoms. The van der Waals surface area contributed by atoms with Crippen LogP contribution in [0.4, 0.5) is 0 Å². The van der Waals surface area contributed by atoms with Crippen molar-refractivity contribution in [2.24, 2.45) is 0 Å². The smallest absolute Gasteiger partial charge is 0.396 e. The van der Waals surface area contributed by atoms with Gasteiger partial charge >= 0.3 is 11.9 Å². The average Bonchev–Trinajstić information content (AvgIpc) is 2.88. The third-order valence-corrected chi connectivity index (χ3v) is 2.73. The van der Waals surface area contributed by atoms with E-state index in [1.165, 1.54) is 6.20 Å². The lowest BCUT2D eigenvalue weighted by Gasteiger charge is -1.96. The van der Waals surface area contributed by atoms with Gasteiger partial charge < -0.3 is 9.15 Å². The van der Waals surface area contributed by atoms with Gasteiger partial charge in [0.1, 0.15) is 11.8 Å². The number of pyridine rings is 1. The van der Waals surface area contributed by atoms with Crippen molar-refractivity contribution in [2.75, 3.05) is 6.61 Å². The summed E-state index contributed by atoms with van der Waals surface area (Å²) in [5.74, 6) is -0.842. The minimum Gasteiger partial charge on any atom is -0.459 e. The fraction of sp³-hybridized carbons (Fsp3) is 0.182. The molecule has 0 fully saturated rings. The number of nitriles is 1. The van der Waals surface area contributed by atoms with Crippen molar-refractivity contribution >= 4 is 17.7 Å². The van der Waals surface area contributed by atoms with Gasteiger partial charge in [-0.05, 0) is 30.8 Å². The number of rotatable bonds is 4. The second-order valence-corrected chi connectivity index (χ2v) is 4.21. The highest BCUT2D eigenvalue weighted by molar-refractivity contribution is 7.99. The van der Waals surface area contributed by atoms with Crippen LogP contribution in [0.3, 0.4) is 0 Å². The highest BCUT2D eigenvalue weighted by atomic mass is 32.2. The van der Waals surface area contributed by atoms with Gasteiger partial charge in [-0.15, -0.1) is 5.10 Å². The van der Waals surface area contributed by atoms with E-state index in [4.69, 9.17) is 14.4 Å². The predicted molar refractivity (Wildman–Crippen MR) is 63.3 cm³/mol. The van der Waals surface area contributed by atoms with E-state index in [-0.39, 0.29) is 17.7 Å². The van der Waals surface area contributed by atoms with E-state index in [0.717, 1.165) is 16.7 Å². The minimum atomic E-state index is -0.653. The van der Waals surface area contributed by atoms with Crippen LogP contribution in [0.1, 0.15) is 23.3 Å². The number of hydrogen-bond acceptors (Lipinski definition) is 8. The normalized spacial score (nSPS) is 9.89. The molecule has 2 aromatic heterocycles. The summed E-state index contributed by atoms with van der Waals surface area (Å²) in [5, 5.41) is 16.1. The zero-order valence-corrected chi connectivity index (χ0v) is 10.7. The van der Waals surface area contributed by atoms with Gasteiger partial charge in [0.2, 0.25) is 0 Å². The molecule has 0 spiro atoms. The molecular weight excluding hydrogens is 268 g/mol. The molecule has 0 N–H and O–H groups in total. The summed E-state index contributed by atoms with van der Waals surface area (Å²) in [6.45, 7) is 1.93. The van der Waals surface area contributed by atoms with Gasteiger partial charge in [0, 0.05) is 11.1 Å². The number of carbonyl (C=O) groups excluding carboxylic acids is 1. The van der Waals surface area contributed by atoms with Gasteiger partial charge in [-0.25, -0.2) is 9.78 Å². The van der Waals surface area contributed by atoms with Crippen molar-refractivity contribution < 1.29 is 13.9 Å². The monoisotopic (exact) mass is 276 g/mol. The lowest BCUT2D eigenvalue weighted by molar-refractivity contribution is 0.0475. The van der Waals surface area contributed by atoms with Gasteiger partial charge in [0.25, 0.3) is 5.22 Å². The van der Waals surface area contributed by atoms with E-state index in [2.05, 4.69) is 15.2 Å². The Kier molecular flexibility index (Phi) is 4.10. The summed E-state index contributed by atoms with van der Waals surface area (Å²) in [6, 6.07) is 5.19. The topological polar surface area (TPSA) is 102 Å². The van der Waals surface area contributed by atoms with E-state index in [9.17, 15) is 4.79 Å². The van der Waals surface area contributed by atoms with Gasteiger partial charge in [0.15, 0.2) is 0 Å². The van der Waals surface area contributed by atoms with Crippen LogP contribution in [-0.2, 0) is 4.74 Å². The summed E-state index contributed by atoms with van der Waals surface area (Å²) >= 11 is 1.14. The Labute approximate surface area is 112 Å². The van der Waals surface area contributed by atoms with Crippen molar-refractivity contribution in [1.82, 2.24) is 15.2 Å². The van der Waals surface area contributed by atoms with Gasteiger partial charge in [0.05, 0.1) is 6.61 Å². The van der Waals surface area contributed by atoms with E-state index >= 15 is 0 Å². The molecule has 0 aliphatic heterocycles. The van der Waals surface area contributed by atoms with Crippen LogP contribution < -0.4 is 0 Å². The molecule has 0 unspecified atom stereocenters. The van der Waals surface area contributed by atoms with Crippen LogP contribution in [0.15, 0.2) is 32.9 Å². The minimum absolute atomic E-state index is 0.189. The molecule has 0 amide bonds. The maximum Gasteiger partial charge on any atom is 0.396 e. The number of esters is 1. The lowest BCUT2D eigenvalue weighted by Crippen LogP contribution is -2.04. The zero-order chi connectivity index (χ0) is 13.7. The lowest BCUT2D eigenvalue weighted by atomic mass is 10.4. The fourth-order valence-electron chi connectivity index (χ4n) is 1.13. The Morgan fingerprint density at radius 2 is 2.37 bits per heavy atom. The van der Waals surface area contributed by atoms with Crippen LogP contribution in [0.25, 0.3) is 0 Å². The number of ether oxygens (including phenoxy) is 1. The van der Waals surface area contributed by atoms with Crippen molar-refractivity contribution in [2.45, 2.75) is 17.0 Å². The molecule has 7 nitrogen and oxygen atoms in total. The first-order valence-electron chi connectivity index (χ1n) is 5.27. The maximum atomic E-state index is 11.3. The summed E-state index contributed by atoms with van der Waals surface area (Å²) < 4.78 is 9.86. The third-order valence-electron chi connectivity index (χ3n) is 1.91. The summed E-state index contributed by atoms with van der Waals surface area (Å²) in [7, 11) is 0. The van der Waals surface area contributed by atoms with Gasteiger partial charge in [-0.3, -0.25) is 0 Å². The van der Waals surface area contributed by atoms with E-state index < -0.39 is 5.97 Å². The van der Waals surface area contributed by atoms with Gasteiger partial charge in [-0.1, -0.05) is 5.10 Å². The van der Waals surface area contributed by atoms with E-state index in [0.29, 0.717) is 5.69 Å². The van der Waals surface area contributed by atoms with Crippen LogP contribution in [-0.4, -0.2) is 27.8 Å². The first kappa shape index (κ1) is 13.0.